The molecule has 0 spiro atoms. The minimum atomic E-state index is 0.221. The summed E-state index contributed by atoms with van der Waals surface area (Å²) in [6, 6.07) is 15.5. The predicted octanol–water partition coefficient (Wildman–Crippen LogP) is 4.39. The molecule has 1 saturated heterocycles. The quantitative estimate of drug-likeness (QED) is 0.570. The van der Waals surface area contributed by atoms with Crippen LogP contribution in [0.1, 0.15) is 24.0 Å². The highest BCUT2D eigenvalue weighted by Crippen LogP contribution is 2.18. The van der Waals surface area contributed by atoms with Gasteiger partial charge in [-0.2, -0.15) is 0 Å². The normalized spacial score (nSPS) is 14.4. The molecule has 2 aromatic rings. The second kappa shape index (κ2) is 8.88. The SMILES string of the molecule is N=C(OCCN1CCCC1)c1ccccc1NCc1ccc(Cl)cc1. The molecule has 1 aliphatic heterocycles. The molecule has 1 aliphatic rings. The molecule has 2 N–H and O–H groups in total. The van der Waals surface area contributed by atoms with Crippen LogP contribution in [0, 0.1) is 5.41 Å². The third kappa shape index (κ3) is 5.21. The Labute approximate surface area is 154 Å². The van der Waals surface area contributed by atoms with E-state index in [1.807, 2.05) is 48.5 Å². The lowest BCUT2D eigenvalue weighted by Crippen LogP contribution is -2.25. The lowest BCUT2D eigenvalue weighted by molar-refractivity contribution is 0.229. The molecule has 25 heavy (non-hydrogen) atoms. The van der Waals surface area contributed by atoms with Crippen LogP contribution in [0.4, 0.5) is 5.69 Å². The summed E-state index contributed by atoms with van der Waals surface area (Å²) >= 11 is 5.92. The van der Waals surface area contributed by atoms with Gasteiger partial charge in [0, 0.05) is 23.8 Å². The van der Waals surface area contributed by atoms with Crippen LogP contribution in [0.25, 0.3) is 0 Å². The maximum Gasteiger partial charge on any atom is 0.215 e. The first-order valence-electron chi connectivity index (χ1n) is 8.74. The minimum Gasteiger partial charge on any atom is -0.476 e. The number of hydrogen-bond acceptors (Lipinski definition) is 4. The highest BCUT2D eigenvalue weighted by molar-refractivity contribution is 6.30. The third-order valence-electron chi connectivity index (χ3n) is 4.42. The van der Waals surface area contributed by atoms with Gasteiger partial charge in [-0.05, 0) is 55.8 Å². The van der Waals surface area contributed by atoms with Gasteiger partial charge < -0.3 is 10.1 Å². The van der Waals surface area contributed by atoms with Gasteiger partial charge in [0.05, 0.1) is 5.56 Å². The Morgan fingerprint density at radius 1 is 1.08 bits per heavy atom. The molecule has 132 valence electrons. The molecule has 1 heterocycles. The number of halogens is 1. The maximum atomic E-state index is 8.26. The maximum absolute atomic E-state index is 8.26. The van der Waals surface area contributed by atoms with E-state index in [9.17, 15) is 0 Å². The van der Waals surface area contributed by atoms with Crippen molar-refractivity contribution in [2.75, 3.05) is 31.6 Å². The summed E-state index contributed by atoms with van der Waals surface area (Å²) < 4.78 is 5.68. The molecule has 0 atom stereocenters. The van der Waals surface area contributed by atoms with Gasteiger partial charge in [-0.3, -0.25) is 10.3 Å². The highest BCUT2D eigenvalue weighted by atomic mass is 35.5. The molecule has 2 aromatic carbocycles. The van der Waals surface area contributed by atoms with Crippen LogP contribution in [0.3, 0.4) is 0 Å². The average Bonchev–Trinajstić information content (AvgIpc) is 3.15. The van der Waals surface area contributed by atoms with Crippen molar-refractivity contribution in [3.8, 4) is 0 Å². The van der Waals surface area contributed by atoms with Crippen molar-refractivity contribution >= 4 is 23.2 Å². The van der Waals surface area contributed by atoms with E-state index in [0.29, 0.717) is 13.2 Å². The summed E-state index contributed by atoms with van der Waals surface area (Å²) in [5, 5.41) is 12.4. The van der Waals surface area contributed by atoms with Gasteiger partial charge in [0.1, 0.15) is 6.61 Å². The minimum absolute atomic E-state index is 0.221. The first-order valence-corrected chi connectivity index (χ1v) is 9.11. The molecular formula is C20H24ClN3O. The zero-order valence-corrected chi connectivity index (χ0v) is 15.1. The van der Waals surface area contributed by atoms with E-state index < -0.39 is 0 Å². The molecule has 0 aliphatic carbocycles. The summed E-state index contributed by atoms with van der Waals surface area (Å²) in [5.41, 5.74) is 2.84. The van der Waals surface area contributed by atoms with E-state index in [2.05, 4.69) is 10.2 Å². The molecule has 1 fully saturated rings. The van der Waals surface area contributed by atoms with Crippen LogP contribution in [-0.4, -0.2) is 37.0 Å². The number of rotatable bonds is 7. The van der Waals surface area contributed by atoms with Crippen molar-refractivity contribution in [3.05, 3.63) is 64.7 Å². The first kappa shape index (κ1) is 17.8. The average molecular weight is 358 g/mol. The van der Waals surface area contributed by atoms with Gasteiger partial charge in [-0.1, -0.05) is 35.9 Å². The topological polar surface area (TPSA) is 48.4 Å². The largest absolute Gasteiger partial charge is 0.476 e. The molecule has 0 saturated carbocycles. The summed E-state index contributed by atoms with van der Waals surface area (Å²) in [6.45, 7) is 4.42. The third-order valence-corrected chi connectivity index (χ3v) is 4.67. The van der Waals surface area contributed by atoms with Crippen LogP contribution in [0.5, 0.6) is 0 Å². The number of nitrogens with zero attached hydrogens (tertiary/aromatic N) is 1. The van der Waals surface area contributed by atoms with Crippen LogP contribution < -0.4 is 5.32 Å². The zero-order valence-electron chi connectivity index (χ0n) is 14.3. The van der Waals surface area contributed by atoms with Crippen molar-refractivity contribution in [2.24, 2.45) is 0 Å². The molecule has 4 nitrogen and oxygen atoms in total. The fraction of sp³-hybridized carbons (Fsp3) is 0.350. The Kier molecular flexibility index (Phi) is 6.31. The van der Waals surface area contributed by atoms with Crippen LogP contribution in [0.2, 0.25) is 5.02 Å². The second-order valence-electron chi connectivity index (χ2n) is 6.25. The number of anilines is 1. The Morgan fingerprint density at radius 2 is 1.80 bits per heavy atom. The van der Waals surface area contributed by atoms with Crippen molar-refractivity contribution in [1.82, 2.24) is 4.90 Å². The van der Waals surface area contributed by atoms with Gasteiger partial charge in [0.25, 0.3) is 0 Å². The van der Waals surface area contributed by atoms with E-state index >= 15 is 0 Å². The number of ether oxygens (including phenoxy) is 1. The first-order chi connectivity index (χ1) is 12.2. The smallest absolute Gasteiger partial charge is 0.215 e. The fourth-order valence-electron chi connectivity index (χ4n) is 3.00. The van der Waals surface area contributed by atoms with Crippen LogP contribution >= 0.6 is 11.6 Å². The molecule has 0 aromatic heterocycles. The molecule has 0 amide bonds. The molecule has 0 bridgehead atoms. The Hall–Kier alpha value is -2.04. The standard InChI is InChI=1S/C20H24ClN3O/c21-17-9-7-16(8-10-17)15-23-19-6-2-1-5-18(19)20(22)25-14-13-24-11-3-4-12-24/h1-2,5-10,22-23H,3-4,11-15H2. The number of nitrogens with one attached hydrogen (secondary N) is 2. The van der Waals surface area contributed by atoms with E-state index in [1.54, 1.807) is 0 Å². The summed E-state index contributed by atoms with van der Waals surface area (Å²) in [4.78, 5) is 2.39. The highest BCUT2D eigenvalue weighted by Gasteiger charge is 2.13. The van der Waals surface area contributed by atoms with Crippen molar-refractivity contribution in [1.29, 1.82) is 5.41 Å². The number of para-hydroxylation sites is 1. The van der Waals surface area contributed by atoms with E-state index in [-0.39, 0.29) is 5.90 Å². The number of likely N-dealkylation sites (tertiary alicyclic amines) is 1. The van der Waals surface area contributed by atoms with Gasteiger partial charge >= 0.3 is 0 Å². The lowest BCUT2D eigenvalue weighted by atomic mass is 10.1. The van der Waals surface area contributed by atoms with Crippen LogP contribution in [0.15, 0.2) is 48.5 Å². The Morgan fingerprint density at radius 3 is 2.56 bits per heavy atom. The summed E-state index contributed by atoms with van der Waals surface area (Å²) in [5.74, 6) is 0.221. The molecular weight excluding hydrogens is 334 g/mol. The van der Waals surface area contributed by atoms with E-state index in [4.69, 9.17) is 21.7 Å². The van der Waals surface area contributed by atoms with Crippen molar-refractivity contribution in [3.63, 3.8) is 0 Å². The molecule has 0 unspecified atom stereocenters. The van der Waals surface area contributed by atoms with Crippen molar-refractivity contribution in [2.45, 2.75) is 19.4 Å². The van der Waals surface area contributed by atoms with Crippen LogP contribution in [-0.2, 0) is 11.3 Å². The molecule has 3 rings (SSSR count). The van der Waals surface area contributed by atoms with E-state index in [0.717, 1.165) is 41.5 Å². The lowest BCUT2D eigenvalue weighted by Gasteiger charge is -2.17. The monoisotopic (exact) mass is 357 g/mol. The number of hydrogen-bond donors (Lipinski definition) is 2. The fourth-order valence-corrected chi connectivity index (χ4v) is 3.12. The van der Waals surface area contributed by atoms with Crippen molar-refractivity contribution < 1.29 is 4.74 Å². The molecule has 5 heteroatoms. The summed E-state index contributed by atoms with van der Waals surface area (Å²) in [6.07, 6.45) is 2.55. The van der Waals surface area contributed by atoms with E-state index in [1.165, 1.54) is 12.8 Å². The Bertz CT molecular complexity index is 696. The predicted molar refractivity (Wildman–Crippen MR) is 104 cm³/mol. The van der Waals surface area contributed by atoms with Gasteiger partial charge in [-0.25, -0.2) is 0 Å². The molecule has 0 radical (unpaired) electrons. The second-order valence-corrected chi connectivity index (χ2v) is 6.69. The Balaban J connectivity index is 1.55. The van der Waals surface area contributed by atoms with Gasteiger partial charge in [0.2, 0.25) is 5.90 Å². The summed E-state index contributed by atoms with van der Waals surface area (Å²) in [7, 11) is 0. The van der Waals surface area contributed by atoms with Gasteiger partial charge in [0.15, 0.2) is 0 Å². The van der Waals surface area contributed by atoms with Gasteiger partial charge in [-0.15, -0.1) is 0 Å². The number of benzene rings is 2. The zero-order chi connectivity index (χ0) is 17.5.